The maximum atomic E-state index is 13.1. The van der Waals surface area contributed by atoms with E-state index in [4.69, 9.17) is 0 Å². The fraction of sp³-hybridized carbons (Fsp3) is 0.353. The van der Waals surface area contributed by atoms with Crippen LogP contribution in [0.2, 0.25) is 0 Å². The molecule has 0 saturated heterocycles. The Morgan fingerprint density at radius 1 is 1.35 bits per heavy atom. The number of carbonyl (C=O) groups is 1. The Morgan fingerprint density at radius 2 is 2.13 bits per heavy atom. The first-order valence-electron chi connectivity index (χ1n) is 7.42. The minimum Gasteiger partial charge on any atom is -0.387 e. The third kappa shape index (κ3) is 3.59. The summed E-state index contributed by atoms with van der Waals surface area (Å²) in [7, 11) is 0. The Hall–Kier alpha value is -1.79. The maximum Gasteiger partial charge on any atom is 0.223 e. The number of carbonyl (C=O) groups excluding carboxylic acids is 1. The molecule has 1 fully saturated rings. The van der Waals surface area contributed by atoms with E-state index in [-0.39, 0.29) is 29.9 Å². The summed E-state index contributed by atoms with van der Waals surface area (Å²) in [4.78, 5) is 14.5. The van der Waals surface area contributed by atoms with Gasteiger partial charge in [-0.25, -0.2) is 8.78 Å². The van der Waals surface area contributed by atoms with E-state index in [2.05, 4.69) is 5.32 Å². The van der Waals surface area contributed by atoms with Crippen LogP contribution in [0, 0.1) is 24.5 Å². The van der Waals surface area contributed by atoms with Crippen LogP contribution in [0.1, 0.15) is 33.8 Å². The van der Waals surface area contributed by atoms with Crippen LogP contribution in [-0.4, -0.2) is 17.6 Å². The monoisotopic (exact) mass is 337 g/mol. The lowest BCUT2D eigenvalue weighted by atomic mass is 10.1. The molecule has 23 heavy (non-hydrogen) atoms. The van der Waals surface area contributed by atoms with Gasteiger partial charge in [-0.3, -0.25) is 4.79 Å². The van der Waals surface area contributed by atoms with Crippen molar-refractivity contribution in [2.45, 2.75) is 25.4 Å². The van der Waals surface area contributed by atoms with Gasteiger partial charge in [-0.05, 0) is 43.2 Å². The van der Waals surface area contributed by atoms with Crippen molar-refractivity contribution in [3.8, 4) is 0 Å². The lowest BCUT2D eigenvalue weighted by Crippen LogP contribution is -2.30. The van der Waals surface area contributed by atoms with Gasteiger partial charge in [0.2, 0.25) is 5.91 Å². The molecule has 1 amide bonds. The number of benzene rings is 1. The molecule has 1 aliphatic carbocycles. The molecule has 6 heteroatoms. The third-order valence-corrected chi connectivity index (χ3v) is 5.18. The predicted molar refractivity (Wildman–Crippen MR) is 84.2 cm³/mol. The standard InChI is InChI=1S/C17H17F2NO2S/c1-9-2-5-16(23-9)11-7-12(11)17(22)20-8-15(21)10-3-4-13(18)14(19)6-10/h2-6,11-12,15,21H,7-8H2,1H3,(H,20,22)/t11-,12+,15-/m1/s1. The van der Waals surface area contributed by atoms with Crippen LogP contribution in [0.25, 0.3) is 0 Å². The molecule has 1 heterocycles. The SMILES string of the molecule is Cc1ccc([C@@H]2C[C@@H]2C(=O)NC[C@@H](O)c2ccc(F)c(F)c2)s1. The fourth-order valence-electron chi connectivity index (χ4n) is 2.62. The summed E-state index contributed by atoms with van der Waals surface area (Å²) in [6.07, 6.45) is -0.247. The van der Waals surface area contributed by atoms with E-state index < -0.39 is 17.7 Å². The van der Waals surface area contributed by atoms with Crippen LogP contribution in [0.3, 0.4) is 0 Å². The van der Waals surface area contributed by atoms with Gasteiger partial charge in [-0.1, -0.05) is 6.07 Å². The summed E-state index contributed by atoms with van der Waals surface area (Å²) in [6.45, 7) is 2.01. The van der Waals surface area contributed by atoms with E-state index in [0.717, 1.165) is 18.6 Å². The molecule has 2 aromatic rings. The van der Waals surface area contributed by atoms with E-state index >= 15 is 0 Å². The van der Waals surface area contributed by atoms with Gasteiger partial charge in [-0.15, -0.1) is 11.3 Å². The number of rotatable bonds is 5. The Bertz CT molecular complexity index is 731. The smallest absolute Gasteiger partial charge is 0.223 e. The van der Waals surface area contributed by atoms with Crippen molar-refractivity contribution in [2.75, 3.05) is 6.54 Å². The maximum absolute atomic E-state index is 13.1. The second-order valence-electron chi connectivity index (χ2n) is 5.83. The topological polar surface area (TPSA) is 49.3 Å². The van der Waals surface area contributed by atoms with Crippen LogP contribution in [0.5, 0.6) is 0 Å². The van der Waals surface area contributed by atoms with Crippen molar-refractivity contribution in [1.29, 1.82) is 0 Å². The Balaban J connectivity index is 1.52. The van der Waals surface area contributed by atoms with E-state index in [1.54, 1.807) is 11.3 Å². The number of aliphatic hydroxyl groups excluding tert-OH is 1. The molecule has 1 aromatic heterocycles. The summed E-state index contributed by atoms with van der Waals surface area (Å²) in [6, 6.07) is 7.31. The number of aliphatic hydroxyl groups is 1. The minimum atomic E-state index is -1.06. The molecule has 0 radical (unpaired) electrons. The third-order valence-electron chi connectivity index (χ3n) is 4.05. The molecular weight excluding hydrogens is 320 g/mol. The molecule has 0 aliphatic heterocycles. The van der Waals surface area contributed by atoms with Crippen LogP contribution in [-0.2, 0) is 4.79 Å². The van der Waals surface area contributed by atoms with Crippen molar-refractivity contribution in [3.63, 3.8) is 0 Å². The van der Waals surface area contributed by atoms with Crippen molar-refractivity contribution in [2.24, 2.45) is 5.92 Å². The lowest BCUT2D eigenvalue weighted by Gasteiger charge is -2.12. The highest BCUT2D eigenvalue weighted by Gasteiger charge is 2.44. The molecule has 0 unspecified atom stereocenters. The number of hydrogen-bond donors (Lipinski definition) is 2. The number of thiophene rings is 1. The highest BCUT2D eigenvalue weighted by atomic mass is 32.1. The molecule has 3 nitrogen and oxygen atoms in total. The molecule has 122 valence electrons. The van der Waals surface area contributed by atoms with E-state index in [9.17, 15) is 18.7 Å². The van der Waals surface area contributed by atoms with Crippen molar-refractivity contribution in [3.05, 3.63) is 57.3 Å². The number of halogens is 2. The highest BCUT2D eigenvalue weighted by molar-refractivity contribution is 7.12. The average Bonchev–Trinajstić information content (AvgIpc) is 3.22. The minimum absolute atomic E-state index is 0.0173. The highest BCUT2D eigenvalue weighted by Crippen LogP contribution is 2.49. The zero-order chi connectivity index (χ0) is 16.6. The van der Waals surface area contributed by atoms with Crippen LogP contribution < -0.4 is 5.32 Å². The van der Waals surface area contributed by atoms with Gasteiger partial charge in [0.15, 0.2) is 11.6 Å². The lowest BCUT2D eigenvalue weighted by molar-refractivity contribution is -0.122. The first kappa shape index (κ1) is 16.1. The zero-order valence-corrected chi connectivity index (χ0v) is 13.4. The average molecular weight is 337 g/mol. The zero-order valence-electron chi connectivity index (χ0n) is 12.6. The van der Waals surface area contributed by atoms with E-state index in [1.807, 2.05) is 19.1 Å². The normalized spacial score (nSPS) is 21.0. The molecule has 0 spiro atoms. The van der Waals surface area contributed by atoms with E-state index in [1.165, 1.54) is 15.8 Å². The van der Waals surface area contributed by atoms with Crippen LogP contribution in [0.15, 0.2) is 30.3 Å². The van der Waals surface area contributed by atoms with Gasteiger partial charge in [0.1, 0.15) is 0 Å². The second-order valence-corrected chi connectivity index (χ2v) is 7.15. The van der Waals surface area contributed by atoms with Gasteiger partial charge in [-0.2, -0.15) is 0 Å². The molecule has 3 rings (SSSR count). The van der Waals surface area contributed by atoms with Crippen LogP contribution in [0.4, 0.5) is 8.78 Å². The van der Waals surface area contributed by atoms with Crippen molar-refractivity contribution < 1.29 is 18.7 Å². The number of hydrogen-bond acceptors (Lipinski definition) is 3. The second kappa shape index (κ2) is 6.37. The molecular formula is C17H17F2NO2S. The largest absolute Gasteiger partial charge is 0.387 e. The van der Waals surface area contributed by atoms with Crippen molar-refractivity contribution in [1.82, 2.24) is 5.32 Å². The first-order chi connectivity index (χ1) is 11.0. The Morgan fingerprint density at radius 3 is 2.78 bits per heavy atom. The number of amides is 1. The molecule has 1 aromatic carbocycles. The molecule has 2 N–H and O–H groups in total. The summed E-state index contributed by atoms with van der Waals surface area (Å²) in [5.74, 6) is -1.89. The quantitative estimate of drug-likeness (QED) is 0.880. The van der Waals surface area contributed by atoms with Gasteiger partial charge in [0.05, 0.1) is 6.10 Å². The summed E-state index contributed by atoms with van der Waals surface area (Å²) in [5, 5.41) is 12.7. The van der Waals surface area contributed by atoms with Gasteiger partial charge in [0.25, 0.3) is 0 Å². The number of aryl methyl sites for hydroxylation is 1. The van der Waals surface area contributed by atoms with Crippen molar-refractivity contribution >= 4 is 17.2 Å². The number of nitrogens with one attached hydrogen (secondary N) is 1. The Kier molecular flexibility index (Phi) is 4.46. The molecule has 3 atom stereocenters. The molecule has 1 aliphatic rings. The molecule has 0 bridgehead atoms. The Labute approximate surface area is 137 Å². The van der Waals surface area contributed by atoms with Gasteiger partial charge in [0, 0.05) is 28.1 Å². The fourth-order valence-corrected chi connectivity index (χ4v) is 3.67. The molecule has 1 saturated carbocycles. The van der Waals surface area contributed by atoms with Crippen LogP contribution >= 0.6 is 11.3 Å². The predicted octanol–water partition coefficient (Wildman–Crippen LogP) is 3.29. The summed E-state index contributed by atoms with van der Waals surface area (Å²) in [5.41, 5.74) is 0.241. The summed E-state index contributed by atoms with van der Waals surface area (Å²) < 4.78 is 26.0. The van der Waals surface area contributed by atoms with E-state index in [0.29, 0.717) is 0 Å². The first-order valence-corrected chi connectivity index (χ1v) is 8.24. The van der Waals surface area contributed by atoms with Gasteiger partial charge < -0.3 is 10.4 Å². The van der Waals surface area contributed by atoms with Gasteiger partial charge >= 0.3 is 0 Å². The summed E-state index contributed by atoms with van der Waals surface area (Å²) >= 11 is 1.70.